The average Bonchev–Trinajstić information content (AvgIpc) is 3.03. The molecule has 1 aliphatic carbocycles. The molecule has 3 rings (SSSR count). The van der Waals surface area contributed by atoms with Gasteiger partial charge in [0.2, 0.25) is 0 Å². The third kappa shape index (κ3) is 2.71. The van der Waals surface area contributed by atoms with Gasteiger partial charge in [-0.3, -0.25) is 4.90 Å². The Bertz CT molecular complexity index is 423. The number of rotatable bonds is 3. The number of aryl methyl sites for hydroxylation is 1. The lowest BCUT2D eigenvalue weighted by Crippen LogP contribution is -2.62. The van der Waals surface area contributed by atoms with Crippen LogP contribution in [0.5, 0.6) is 0 Å². The molecule has 1 aliphatic heterocycles. The lowest BCUT2D eigenvalue weighted by atomic mass is 9.90. The smallest absolute Gasteiger partial charge is 0.0897 e. The van der Waals surface area contributed by atoms with Crippen LogP contribution in [0.25, 0.3) is 0 Å². The van der Waals surface area contributed by atoms with E-state index >= 15 is 0 Å². The molecule has 1 N–H and O–H groups in total. The zero-order valence-corrected chi connectivity index (χ0v) is 12.9. The van der Waals surface area contributed by atoms with Gasteiger partial charge in [0, 0.05) is 36.6 Å². The molecule has 2 fully saturated rings. The summed E-state index contributed by atoms with van der Waals surface area (Å²) < 4.78 is 0. The van der Waals surface area contributed by atoms with Crippen molar-refractivity contribution >= 4 is 11.3 Å². The minimum absolute atomic E-state index is 0.420. The number of nitrogens with zero attached hydrogens (tertiary/aromatic N) is 2. The third-order valence-corrected chi connectivity index (χ3v) is 5.70. The normalized spacial score (nSPS) is 27.2. The van der Waals surface area contributed by atoms with Crippen molar-refractivity contribution in [1.29, 1.82) is 0 Å². The minimum atomic E-state index is 0.420. The molecule has 1 saturated carbocycles. The summed E-state index contributed by atoms with van der Waals surface area (Å²) in [6.45, 7) is 7.80. The molecule has 4 heteroatoms. The van der Waals surface area contributed by atoms with Crippen molar-refractivity contribution in [3.05, 3.63) is 16.1 Å². The molecular weight excluding hydrogens is 254 g/mol. The highest BCUT2D eigenvalue weighted by Gasteiger charge is 2.43. The van der Waals surface area contributed by atoms with E-state index in [4.69, 9.17) is 0 Å². The molecule has 0 radical (unpaired) electrons. The van der Waals surface area contributed by atoms with Crippen LogP contribution in [0.15, 0.2) is 5.38 Å². The van der Waals surface area contributed by atoms with Crippen molar-refractivity contribution in [2.24, 2.45) is 0 Å². The summed E-state index contributed by atoms with van der Waals surface area (Å²) in [5.74, 6) is 0. The first-order valence-corrected chi connectivity index (χ1v) is 8.49. The SMILES string of the molecule is CCC1CN(Cc2csc(C)n2)C2(CCCC2)CN1. The maximum absolute atomic E-state index is 4.67. The highest BCUT2D eigenvalue weighted by Crippen LogP contribution is 2.38. The van der Waals surface area contributed by atoms with Crippen LogP contribution < -0.4 is 5.32 Å². The zero-order chi connectivity index (χ0) is 13.3. The molecular formula is C15H25N3S. The molecule has 1 saturated heterocycles. The van der Waals surface area contributed by atoms with E-state index in [1.807, 2.05) is 0 Å². The predicted octanol–water partition coefficient (Wildman–Crippen LogP) is 2.95. The van der Waals surface area contributed by atoms with Gasteiger partial charge in [-0.2, -0.15) is 0 Å². The lowest BCUT2D eigenvalue weighted by molar-refractivity contribution is 0.0340. The fourth-order valence-corrected chi connectivity index (χ4v) is 4.28. The molecule has 106 valence electrons. The standard InChI is InChI=1S/C15H25N3S/c1-3-13-8-18(9-14-10-19-12(2)17-14)15(11-16-13)6-4-5-7-15/h10,13,16H,3-9,11H2,1-2H3. The predicted molar refractivity (Wildman–Crippen MR) is 80.5 cm³/mol. The van der Waals surface area contributed by atoms with Gasteiger partial charge in [0.25, 0.3) is 0 Å². The van der Waals surface area contributed by atoms with Gasteiger partial charge in [-0.05, 0) is 26.2 Å². The van der Waals surface area contributed by atoms with Crippen molar-refractivity contribution < 1.29 is 0 Å². The van der Waals surface area contributed by atoms with Crippen LogP contribution in [0.2, 0.25) is 0 Å². The molecule has 1 unspecified atom stereocenters. The molecule has 2 heterocycles. The maximum Gasteiger partial charge on any atom is 0.0897 e. The fraction of sp³-hybridized carbons (Fsp3) is 0.800. The molecule has 1 spiro atoms. The van der Waals surface area contributed by atoms with Crippen LogP contribution in [0, 0.1) is 6.92 Å². The van der Waals surface area contributed by atoms with E-state index in [0.717, 1.165) is 6.54 Å². The van der Waals surface area contributed by atoms with Gasteiger partial charge in [0.05, 0.1) is 10.7 Å². The van der Waals surface area contributed by atoms with E-state index in [-0.39, 0.29) is 0 Å². The molecule has 1 atom stereocenters. The second-order valence-electron chi connectivity index (χ2n) is 6.16. The molecule has 1 aromatic rings. The first-order chi connectivity index (χ1) is 9.22. The molecule has 19 heavy (non-hydrogen) atoms. The van der Waals surface area contributed by atoms with E-state index in [9.17, 15) is 0 Å². The second-order valence-corrected chi connectivity index (χ2v) is 7.22. The van der Waals surface area contributed by atoms with E-state index < -0.39 is 0 Å². The van der Waals surface area contributed by atoms with Crippen molar-refractivity contribution in [3.8, 4) is 0 Å². The summed E-state index contributed by atoms with van der Waals surface area (Å²) in [4.78, 5) is 7.40. The Kier molecular flexibility index (Phi) is 3.92. The third-order valence-electron chi connectivity index (χ3n) is 4.88. The topological polar surface area (TPSA) is 28.2 Å². The van der Waals surface area contributed by atoms with Crippen molar-refractivity contribution in [2.45, 2.75) is 64.1 Å². The minimum Gasteiger partial charge on any atom is -0.311 e. The summed E-state index contributed by atoms with van der Waals surface area (Å²) in [5.41, 5.74) is 1.69. The summed E-state index contributed by atoms with van der Waals surface area (Å²) in [5, 5.41) is 7.19. The highest BCUT2D eigenvalue weighted by molar-refractivity contribution is 7.09. The summed E-state index contributed by atoms with van der Waals surface area (Å²) in [6, 6.07) is 0.658. The Morgan fingerprint density at radius 1 is 1.47 bits per heavy atom. The Morgan fingerprint density at radius 2 is 2.26 bits per heavy atom. The van der Waals surface area contributed by atoms with Gasteiger partial charge in [-0.1, -0.05) is 19.8 Å². The number of nitrogens with one attached hydrogen (secondary N) is 1. The molecule has 1 aromatic heterocycles. The Hall–Kier alpha value is -0.450. The van der Waals surface area contributed by atoms with Crippen LogP contribution in [0.4, 0.5) is 0 Å². The van der Waals surface area contributed by atoms with Gasteiger partial charge in [-0.15, -0.1) is 11.3 Å². The van der Waals surface area contributed by atoms with Crippen LogP contribution in [-0.2, 0) is 6.54 Å². The largest absolute Gasteiger partial charge is 0.311 e. The van der Waals surface area contributed by atoms with Gasteiger partial charge in [-0.25, -0.2) is 4.98 Å². The van der Waals surface area contributed by atoms with Crippen LogP contribution in [0.1, 0.15) is 49.7 Å². The molecule has 0 amide bonds. The van der Waals surface area contributed by atoms with E-state index in [1.165, 1.54) is 55.9 Å². The van der Waals surface area contributed by atoms with Gasteiger partial charge in [0.15, 0.2) is 0 Å². The molecule has 0 bridgehead atoms. The Labute approximate surface area is 120 Å². The fourth-order valence-electron chi connectivity index (χ4n) is 3.68. The Morgan fingerprint density at radius 3 is 2.89 bits per heavy atom. The summed E-state index contributed by atoms with van der Waals surface area (Å²) in [7, 11) is 0. The Balaban J connectivity index is 1.76. The quantitative estimate of drug-likeness (QED) is 0.922. The number of piperazine rings is 1. The first-order valence-electron chi connectivity index (χ1n) is 7.61. The van der Waals surface area contributed by atoms with Crippen molar-refractivity contribution in [2.75, 3.05) is 13.1 Å². The average molecular weight is 279 g/mol. The number of hydrogen-bond donors (Lipinski definition) is 1. The van der Waals surface area contributed by atoms with E-state index in [2.05, 4.69) is 34.4 Å². The van der Waals surface area contributed by atoms with E-state index in [0.29, 0.717) is 11.6 Å². The number of hydrogen-bond acceptors (Lipinski definition) is 4. The highest BCUT2D eigenvalue weighted by atomic mass is 32.1. The number of thiazole rings is 1. The van der Waals surface area contributed by atoms with Crippen LogP contribution in [-0.4, -0.2) is 34.6 Å². The lowest BCUT2D eigenvalue weighted by Gasteiger charge is -2.48. The van der Waals surface area contributed by atoms with Crippen molar-refractivity contribution in [1.82, 2.24) is 15.2 Å². The zero-order valence-electron chi connectivity index (χ0n) is 12.1. The van der Waals surface area contributed by atoms with Gasteiger partial charge < -0.3 is 5.32 Å². The molecule has 3 nitrogen and oxygen atoms in total. The number of aromatic nitrogens is 1. The molecule has 2 aliphatic rings. The summed E-state index contributed by atoms with van der Waals surface area (Å²) in [6.07, 6.45) is 6.73. The van der Waals surface area contributed by atoms with E-state index in [1.54, 1.807) is 11.3 Å². The first kappa shape index (κ1) is 13.5. The van der Waals surface area contributed by atoms with Crippen molar-refractivity contribution in [3.63, 3.8) is 0 Å². The monoisotopic (exact) mass is 279 g/mol. The van der Waals surface area contributed by atoms with Gasteiger partial charge in [0.1, 0.15) is 0 Å². The maximum atomic E-state index is 4.67. The second kappa shape index (κ2) is 5.51. The van der Waals surface area contributed by atoms with Crippen LogP contribution >= 0.6 is 11.3 Å². The van der Waals surface area contributed by atoms with Gasteiger partial charge >= 0.3 is 0 Å². The molecule has 0 aromatic carbocycles. The summed E-state index contributed by atoms with van der Waals surface area (Å²) >= 11 is 1.78. The van der Waals surface area contributed by atoms with Crippen LogP contribution in [0.3, 0.4) is 0 Å².